The van der Waals surface area contributed by atoms with Crippen LogP contribution in [0, 0.1) is 0 Å². The molecule has 0 aliphatic carbocycles. The molecule has 0 saturated heterocycles. The number of benzene rings is 1. The van der Waals surface area contributed by atoms with Crippen molar-refractivity contribution in [2.24, 2.45) is 22.2 Å². The van der Waals surface area contributed by atoms with E-state index in [-0.39, 0.29) is 25.3 Å². The first-order valence-electron chi connectivity index (χ1n) is 11.1. The molecule has 0 fully saturated rings. The summed E-state index contributed by atoms with van der Waals surface area (Å²) >= 11 is 1.48. The van der Waals surface area contributed by atoms with Gasteiger partial charge in [0.15, 0.2) is 5.96 Å². The molecular weight excluding hydrogens is 474 g/mol. The van der Waals surface area contributed by atoms with Crippen LogP contribution in [0.5, 0.6) is 0 Å². The third-order valence-electron chi connectivity index (χ3n) is 4.89. The van der Waals surface area contributed by atoms with Gasteiger partial charge in [0.1, 0.15) is 12.1 Å². The fourth-order valence-corrected chi connectivity index (χ4v) is 3.49. The second kappa shape index (κ2) is 16.3. The van der Waals surface area contributed by atoms with Gasteiger partial charge in [-0.05, 0) is 36.8 Å². The predicted molar refractivity (Wildman–Crippen MR) is 136 cm³/mol. The molecule has 12 nitrogen and oxygen atoms in total. The maximum Gasteiger partial charge on any atom is 0.326 e. The number of carbonyl (C=O) groups excluding carboxylic acids is 3. The second-order valence-electron chi connectivity index (χ2n) is 7.76. The fraction of sp³-hybridized carbons (Fsp3) is 0.500. The number of hydrogen-bond acceptors (Lipinski definition) is 7. The largest absolute Gasteiger partial charge is 0.480 e. The van der Waals surface area contributed by atoms with Gasteiger partial charge < -0.3 is 38.3 Å². The average molecular weight is 510 g/mol. The van der Waals surface area contributed by atoms with Gasteiger partial charge in [0, 0.05) is 13.0 Å². The van der Waals surface area contributed by atoms with Crippen molar-refractivity contribution in [3.63, 3.8) is 0 Å². The van der Waals surface area contributed by atoms with Crippen LogP contribution in [0.25, 0.3) is 0 Å². The summed E-state index contributed by atoms with van der Waals surface area (Å²) in [6, 6.07) is 5.94. The Hall–Kier alpha value is -3.32. The highest BCUT2D eigenvalue weighted by Crippen LogP contribution is 2.06. The van der Waals surface area contributed by atoms with Crippen LogP contribution < -0.4 is 33.2 Å². The van der Waals surface area contributed by atoms with Crippen LogP contribution in [0.2, 0.25) is 0 Å². The first-order chi connectivity index (χ1) is 16.6. The van der Waals surface area contributed by atoms with Crippen LogP contribution in [0.15, 0.2) is 35.3 Å². The van der Waals surface area contributed by atoms with E-state index in [0.717, 1.165) is 5.56 Å². The third kappa shape index (κ3) is 12.6. The zero-order valence-corrected chi connectivity index (χ0v) is 20.6. The Labute approximate surface area is 208 Å². The van der Waals surface area contributed by atoms with Crippen LogP contribution >= 0.6 is 11.8 Å². The van der Waals surface area contributed by atoms with Gasteiger partial charge in [0.25, 0.3) is 0 Å². The summed E-state index contributed by atoms with van der Waals surface area (Å²) in [5.74, 6) is -2.40. The van der Waals surface area contributed by atoms with Gasteiger partial charge in [-0.2, -0.15) is 11.8 Å². The molecular formula is C22H35N7O5S. The molecule has 1 aromatic carbocycles. The smallest absolute Gasteiger partial charge is 0.326 e. The summed E-state index contributed by atoms with van der Waals surface area (Å²) in [6.07, 6.45) is 3.04. The third-order valence-corrected chi connectivity index (χ3v) is 5.53. The van der Waals surface area contributed by atoms with E-state index in [2.05, 4.69) is 20.9 Å². The molecule has 3 unspecified atom stereocenters. The Morgan fingerprint density at radius 1 is 1.03 bits per heavy atom. The van der Waals surface area contributed by atoms with E-state index < -0.39 is 41.8 Å². The molecule has 0 heterocycles. The van der Waals surface area contributed by atoms with E-state index >= 15 is 0 Å². The zero-order valence-electron chi connectivity index (χ0n) is 19.7. The van der Waals surface area contributed by atoms with Crippen molar-refractivity contribution in [2.45, 2.75) is 43.8 Å². The fourth-order valence-electron chi connectivity index (χ4n) is 3.02. The highest BCUT2D eigenvalue weighted by molar-refractivity contribution is 7.98. The van der Waals surface area contributed by atoms with Crippen molar-refractivity contribution in [3.8, 4) is 0 Å². The highest BCUT2D eigenvalue weighted by Gasteiger charge is 2.27. The maximum atomic E-state index is 12.8. The molecule has 0 spiro atoms. The number of rotatable bonds is 16. The number of hydrogen-bond donors (Lipinski definition) is 7. The number of guanidine groups is 1. The van der Waals surface area contributed by atoms with Gasteiger partial charge in [0.05, 0.1) is 12.6 Å². The number of carboxylic acid groups (broad SMARTS) is 1. The number of nitrogens with two attached hydrogens (primary N) is 3. The minimum atomic E-state index is -1.18. The molecule has 0 aliphatic rings. The summed E-state index contributed by atoms with van der Waals surface area (Å²) in [5.41, 5.74) is 17.0. The normalized spacial score (nSPS) is 13.1. The summed E-state index contributed by atoms with van der Waals surface area (Å²) in [5, 5.41) is 17.0. The molecule has 3 amide bonds. The Balaban J connectivity index is 2.62. The lowest BCUT2D eigenvalue weighted by Crippen LogP contribution is -2.54. The van der Waals surface area contributed by atoms with Crippen molar-refractivity contribution in [3.05, 3.63) is 35.9 Å². The van der Waals surface area contributed by atoms with E-state index in [1.165, 1.54) is 11.8 Å². The van der Waals surface area contributed by atoms with Crippen LogP contribution in [-0.4, -0.2) is 78.0 Å². The molecule has 0 radical (unpaired) electrons. The number of carboxylic acids is 1. The van der Waals surface area contributed by atoms with Crippen molar-refractivity contribution >= 4 is 41.4 Å². The van der Waals surface area contributed by atoms with Crippen molar-refractivity contribution in [2.75, 3.05) is 25.1 Å². The molecule has 1 aromatic rings. The monoisotopic (exact) mass is 509 g/mol. The number of carbonyl (C=O) groups is 4. The van der Waals surface area contributed by atoms with E-state index in [1.807, 2.05) is 12.3 Å². The number of amides is 3. The molecule has 0 bridgehead atoms. The Morgan fingerprint density at radius 3 is 2.31 bits per heavy atom. The Bertz CT molecular complexity index is 865. The van der Waals surface area contributed by atoms with E-state index in [0.29, 0.717) is 25.1 Å². The lowest BCUT2D eigenvalue weighted by atomic mass is 10.1. The van der Waals surface area contributed by atoms with Gasteiger partial charge >= 0.3 is 5.97 Å². The minimum Gasteiger partial charge on any atom is -0.480 e. The lowest BCUT2D eigenvalue weighted by Gasteiger charge is -2.22. The molecule has 3 atom stereocenters. The number of aliphatic carboxylic acids is 1. The molecule has 35 heavy (non-hydrogen) atoms. The quantitative estimate of drug-likeness (QED) is 0.0785. The van der Waals surface area contributed by atoms with Gasteiger partial charge in [-0.25, -0.2) is 4.79 Å². The van der Waals surface area contributed by atoms with Gasteiger partial charge in [-0.15, -0.1) is 0 Å². The second-order valence-corrected chi connectivity index (χ2v) is 8.75. The molecule has 194 valence electrons. The standard InChI is InChI=1S/C22H35N7O5S/c1-35-11-9-16(20(32)29-17(21(33)34)12-14-6-3-2-4-7-14)28-18(30)13-27-19(31)15(23)8-5-10-26-22(24)25/h2-4,6-7,15-17H,5,8-13,23H2,1H3,(H,27,31)(H,28,30)(H,29,32)(H,33,34)(H4,24,25,26). The summed E-state index contributed by atoms with van der Waals surface area (Å²) in [4.78, 5) is 52.8. The molecule has 0 saturated carbocycles. The molecule has 10 N–H and O–H groups in total. The summed E-state index contributed by atoms with van der Waals surface area (Å²) in [6.45, 7) is -0.0481. The number of thioether (sulfide) groups is 1. The van der Waals surface area contributed by atoms with Gasteiger partial charge in [-0.3, -0.25) is 19.4 Å². The average Bonchev–Trinajstić information content (AvgIpc) is 2.82. The Morgan fingerprint density at radius 2 is 1.71 bits per heavy atom. The Kier molecular flexibility index (Phi) is 13.9. The molecule has 0 aromatic heterocycles. The molecule has 0 aliphatic heterocycles. The zero-order chi connectivity index (χ0) is 26.2. The van der Waals surface area contributed by atoms with Crippen LogP contribution in [0.4, 0.5) is 0 Å². The van der Waals surface area contributed by atoms with Crippen molar-refractivity contribution < 1.29 is 24.3 Å². The van der Waals surface area contributed by atoms with Gasteiger partial charge in [-0.1, -0.05) is 30.3 Å². The lowest BCUT2D eigenvalue weighted by molar-refractivity contribution is -0.142. The van der Waals surface area contributed by atoms with Crippen LogP contribution in [0.3, 0.4) is 0 Å². The van der Waals surface area contributed by atoms with Crippen molar-refractivity contribution in [1.29, 1.82) is 0 Å². The number of nitrogens with one attached hydrogen (secondary N) is 3. The topological polar surface area (TPSA) is 215 Å². The molecule has 1 rings (SSSR count). The van der Waals surface area contributed by atoms with Gasteiger partial charge in [0.2, 0.25) is 17.7 Å². The van der Waals surface area contributed by atoms with E-state index in [9.17, 15) is 24.3 Å². The SMILES string of the molecule is CSCCC(NC(=O)CNC(=O)C(N)CCCN=C(N)N)C(=O)NC(Cc1ccccc1)C(=O)O. The van der Waals surface area contributed by atoms with E-state index in [4.69, 9.17) is 17.2 Å². The number of nitrogens with zero attached hydrogens (tertiary/aromatic N) is 1. The molecule has 13 heteroatoms. The first kappa shape index (κ1) is 29.7. The van der Waals surface area contributed by atoms with Crippen molar-refractivity contribution in [1.82, 2.24) is 16.0 Å². The minimum absolute atomic E-state index is 0.0468. The predicted octanol–water partition coefficient (Wildman–Crippen LogP) is -1.47. The van der Waals surface area contributed by atoms with Crippen LogP contribution in [-0.2, 0) is 25.6 Å². The summed E-state index contributed by atoms with van der Waals surface area (Å²) in [7, 11) is 0. The maximum absolute atomic E-state index is 12.8. The highest BCUT2D eigenvalue weighted by atomic mass is 32.2. The van der Waals surface area contributed by atoms with Crippen LogP contribution in [0.1, 0.15) is 24.8 Å². The summed E-state index contributed by atoms with van der Waals surface area (Å²) < 4.78 is 0. The van der Waals surface area contributed by atoms with E-state index in [1.54, 1.807) is 24.3 Å². The first-order valence-corrected chi connectivity index (χ1v) is 12.5. The number of aliphatic imine (C=N–C) groups is 1.